The van der Waals surface area contributed by atoms with Crippen molar-refractivity contribution < 1.29 is 24.5 Å². The number of ether oxygens (including phenoxy) is 1. The molecule has 1 aliphatic rings. The zero-order valence-corrected chi connectivity index (χ0v) is 14.7. The van der Waals surface area contributed by atoms with Gasteiger partial charge in [-0.15, -0.1) is 0 Å². The number of carbonyl (C=O) groups excluding carboxylic acids is 1. The Bertz CT molecular complexity index is 702. The van der Waals surface area contributed by atoms with Gasteiger partial charge in [0.15, 0.2) is 11.5 Å². The van der Waals surface area contributed by atoms with Crippen LogP contribution in [-0.2, 0) is 9.59 Å². The molecule has 1 aromatic rings. The van der Waals surface area contributed by atoms with Crippen LogP contribution in [0.25, 0.3) is 6.08 Å². The van der Waals surface area contributed by atoms with Gasteiger partial charge in [-0.2, -0.15) is 0 Å². The molecule has 0 atom stereocenters. The molecule has 2 N–H and O–H groups in total. The maximum Gasteiger partial charge on any atom is 0.303 e. The lowest BCUT2D eigenvalue weighted by Crippen LogP contribution is -2.29. The largest absolute Gasteiger partial charge is 0.504 e. The Morgan fingerprint density at radius 3 is 2.83 bits per heavy atom. The molecule has 1 fully saturated rings. The number of aromatic hydroxyl groups is 1. The van der Waals surface area contributed by atoms with Crippen LogP contribution in [0.1, 0.15) is 25.3 Å². The van der Waals surface area contributed by atoms with Crippen molar-refractivity contribution >= 4 is 46.3 Å². The Hall–Kier alpha value is -2.06. The van der Waals surface area contributed by atoms with Crippen LogP contribution in [0.15, 0.2) is 23.1 Å². The van der Waals surface area contributed by atoms with E-state index in [2.05, 4.69) is 0 Å². The van der Waals surface area contributed by atoms with Gasteiger partial charge in [-0.25, -0.2) is 0 Å². The van der Waals surface area contributed by atoms with E-state index in [1.165, 1.54) is 11.0 Å². The zero-order valence-electron chi connectivity index (χ0n) is 13.0. The molecule has 0 aromatic heterocycles. The molecule has 0 unspecified atom stereocenters. The van der Waals surface area contributed by atoms with E-state index in [-0.39, 0.29) is 24.6 Å². The van der Waals surface area contributed by atoms with Crippen molar-refractivity contribution in [2.75, 3.05) is 13.2 Å². The number of rotatable bonds is 7. The first-order chi connectivity index (χ1) is 11.4. The quantitative estimate of drug-likeness (QED) is 0.566. The van der Waals surface area contributed by atoms with Crippen molar-refractivity contribution in [2.45, 2.75) is 19.8 Å². The number of thioether (sulfide) groups is 1. The lowest BCUT2D eigenvalue weighted by Gasteiger charge is -2.13. The normalized spacial score (nSPS) is 16.0. The second-order valence-electron chi connectivity index (χ2n) is 4.99. The van der Waals surface area contributed by atoms with Crippen LogP contribution in [0.2, 0.25) is 0 Å². The molecule has 1 saturated heterocycles. The Balaban J connectivity index is 2.10. The lowest BCUT2D eigenvalue weighted by molar-refractivity contribution is -0.137. The minimum Gasteiger partial charge on any atom is -0.504 e. The summed E-state index contributed by atoms with van der Waals surface area (Å²) in [5.41, 5.74) is 0.655. The van der Waals surface area contributed by atoms with Gasteiger partial charge in [-0.1, -0.05) is 30.0 Å². The number of benzene rings is 1. The summed E-state index contributed by atoms with van der Waals surface area (Å²) in [6.07, 6.45) is 1.98. The van der Waals surface area contributed by atoms with Gasteiger partial charge < -0.3 is 14.9 Å². The Morgan fingerprint density at radius 1 is 1.46 bits per heavy atom. The van der Waals surface area contributed by atoms with Gasteiger partial charge in [0.05, 0.1) is 11.5 Å². The molecule has 0 saturated carbocycles. The number of carbonyl (C=O) groups is 2. The summed E-state index contributed by atoms with van der Waals surface area (Å²) in [4.78, 5) is 24.8. The highest BCUT2D eigenvalue weighted by Crippen LogP contribution is 2.34. The van der Waals surface area contributed by atoms with E-state index in [0.717, 1.165) is 11.8 Å². The predicted octanol–water partition coefficient (Wildman–Crippen LogP) is 2.86. The highest BCUT2D eigenvalue weighted by Gasteiger charge is 2.31. The number of phenols is 1. The predicted molar refractivity (Wildman–Crippen MR) is 96.0 cm³/mol. The Morgan fingerprint density at radius 2 is 2.21 bits per heavy atom. The summed E-state index contributed by atoms with van der Waals surface area (Å²) in [6, 6.07) is 4.89. The first-order valence-corrected chi connectivity index (χ1v) is 8.57. The average molecular weight is 367 g/mol. The number of thiocarbonyl (C=S) groups is 1. The van der Waals surface area contributed by atoms with E-state index in [4.69, 9.17) is 22.1 Å². The molecule has 128 valence electrons. The third kappa shape index (κ3) is 4.48. The van der Waals surface area contributed by atoms with Crippen LogP contribution in [0.3, 0.4) is 0 Å². The molecular weight excluding hydrogens is 350 g/mol. The zero-order chi connectivity index (χ0) is 17.7. The minimum absolute atomic E-state index is 0.00235. The van der Waals surface area contributed by atoms with E-state index >= 15 is 0 Å². The van der Waals surface area contributed by atoms with E-state index in [9.17, 15) is 14.7 Å². The molecular formula is C16H17NO5S2. The van der Waals surface area contributed by atoms with Gasteiger partial charge in [0, 0.05) is 13.0 Å². The van der Waals surface area contributed by atoms with E-state index in [1.807, 2.05) is 6.92 Å². The van der Waals surface area contributed by atoms with Gasteiger partial charge in [0.25, 0.3) is 5.91 Å². The fraction of sp³-hybridized carbons (Fsp3) is 0.312. The highest BCUT2D eigenvalue weighted by atomic mass is 32.2. The summed E-state index contributed by atoms with van der Waals surface area (Å²) in [5.74, 6) is -0.761. The minimum atomic E-state index is -0.902. The first-order valence-electron chi connectivity index (χ1n) is 7.35. The summed E-state index contributed by atoms with van der Waals surface area (Å²) in [5, 5.41) is 18.6. The van der Waals surface area contributed by atoms with Gasteiger partial charge in [0.2, 0.25) is 0 Å². The van der Waals surface area contributed by atoms with Gasteiger partial charge in [0.1, 0.15) is 4.32 Å². The molecule has 0 bridgehead atoms. The smallest absolute Gasteiger partial charge is 0.303 e. The second kappa shape index (κ2) is 8.16. The maximum atomic E-state index is 12.4. The molecule has 0 spiro atoms. The van der Waals surface area contributed by atoms with Crippen LogP contribution in [0.5, 0.6) is 11.5 Å². The Kier molecular flexibility index (Phi) is 6.22. The van der Waals surface area contributed by atoms with Crippen molar-refractivity contribution in [3.63, 3.8) is 0 Å². The summed E-state index contributed by atoms with van der Waals surface area (Å²) < 4.78 is 5.67. The lowest BCUT2D eigenvalue weighted by atomic mass is 10.2. The van der Waals surface area contributed by atoms with Gasteiger partial charge in [-0.05, 0) is 37.1 Å². The monoisotopic (exact) mass is 367 g/mol. The van der Waals surface area contributed by atoms with Gasteiger partial charge in [-0.3, -0.25) is 14.5 Å². The third-order valence-electron chi connectivity index (χ3n) is 3.23. The molecule has 6 nitrogen and oxygen atoms in total. The Labute approximate surface area is 149 Å². The van der Waals surface area contributed by atoms with Crippen molar-refractivity contribution in [1.82, 2.24) is 4.90 Å². The number of nitrogens with zero attached hydrogens (tertiary/aromatic N) is 1. The van der Waals surface area contributed by atoms with Crippen LogP contribution in [0, 0.1) is 0 Å². The average Bonchev–Trinajstić information content (AvgIpc) is 2.77. The van der Waals surface area contributed by atoms with E-state index < -0.39 is 5.97 Å². The summed E-state index contributed by atoms with van der Waals surface area (Å²) >= 11 is 6.35. The summed E-state index contributed by atoms with van der Waals surface area (Å²) in [6.45, 7) is 2.55. The van der Waals surface area contributed by atoms with Crippen molar-refractivity contribution in [3.05, 3.63) is 28.7 Å². The van der Waals surface area contributed by atoms with Crippen LogP contribution in [0.4, 0.5) is 0 Å². The molecule has 0 aliphatic carbocycles. The topological polar surface area (TPSA) is 87.1 Å². The maximum absolute atomic E-state index is 12.4. The number of hydrogen-bond acceptors (Lipinski definition) is 6. The van der Waals surface area contributed by atoms with Crippen LogP contribution < -0.4 is 4.74 Å². The number of aliphatic carboxylic acids is 1. The van der Waals surface area contributed by atoms with E-state index in [0.29, 0.717) is 33.6 Å². The fourth-order valence-electron chi connectivity index (χ4n) is 2.13. The van der Waals surface area contributed by atoms with Crippen molar-refractivity contribution in [1.29, 1.82) is 0 Å². The molecule has 2 rings (SSSR count). The summed E-state index contributed by atoms with van der Waals surface area (Å²) in [7, 11) is 0. The fourth-order valence-corrected chi connectivity index (χ4v) is 3.44. The number of carboxylic acids is 1. The molecule has 1 heterocycles. The molecule has 8 heteroatoms. The van der Waals surface area contributed by atoms with E-state index in [1.54, 1.807) is 18.2 Å². The van der Waals surface area contributed by atoms with Crippen molar-refractivity contribution in [2.24, 2.45) is 0 Å². The molecule has 1 amide bonds. The number of phenolic OH excluding ortho intramolecular Hbond substituents is 1. The number of carboxylic acid groups (broad SMARTS) is 1. The third-order valence-corrected chi connectivity index (χ3v) is 4.60. The number of hydrogen-bond donors (Lipinski definition) is 2. The molecule has 1 aliphatic heterocycles. The van der Waals surface area contributed by atoms with Crippen molar-refractivity contribution in [3.8, 4) is 11.5 Å². The van der Waals surface area contributed by atoms with Gasteiger partial charge >= 0.3 is 5.97 Å². The SMILES string of the molecule is CCOc1ccc(/C=C2\SC(=S)N(CCCC(=O)O)C2=O)cc1O. The molecule has 24 heavy (non-hydrogen) atoms. The standard InChI is InChI=1S/C16H17NO5S2/c1-2-22-12-6-5-10(8-11(12)18)9-13-15(21)17(16(23)24-13)7-3-4-14(19)20/h5-6,8-9,18H,2-4,7H2,1H3,(H,19,20)/b13-9-. The van der Waals surface area contributed by atoms with Crippen LogP contribution >= 0.6 is 24.0 Å². The highest BCUT2D eigenvalue weighted by molar-refractivity contribution is 8.26. The first kappa shape index (κ1) is 18.3. The van der Waals surface area contributed by atoms with Crippen LogP contribution in [-0.4, -0.2) is 44.5 Å². The molecule has 1 aromatic carbocycles. The molecule has 0 radical (unpaired) electrons. The second-order valence-corrected chi connectivity index (χ2v) is 6.67. The number of amides is 1.